The normalized spacial score (nSPS) is 29.2. The van der Waals surface area contributed by atoms with Gasteiger partial charge in [0.05, 0.1) is 11.3 Å². The molecule has 1 unspecified atom stereocenters. The van der Waals surface area contributed by atoms with E-state index in [1.54, 1.807) is 6.92 Å². The van der Waals surface area contributed by atoms with Crippen LogP contribution in [-0.4, -0.2) is 51.6 Å². The molecule has 0 amide bonds. The van der Waals surface area contributed by atoms with Crippen LogP contribution in [0.3, 0.4) is 0 Å². The van der Waals surface area contributed by atoms with E-state index in [-0.39, 0.29) is 5.56 Å². The van der Waals surface area contributed by atoms with Crippen molar-refractivity contribution in [1.29, 1.82) is 0 Å². The van der Waals surface area contributed by atoms with Crippen LogP contribution in [-0.2, 0) is 0 Å². The van der Waals surface area contributed by atoms with E-state index in [1.165, 1.54) is 32.1 Å². The molecule has 1 aromatic rings. The highest BCUT2D eigenvalue weighted by Crippen LogP contribution is 2.29. The highest BCUT2D eigenvalue weighted by atomic mass is 16.4. The molecule has 19 heavy (non-hydrogen) atoms. The van der Waals surface area contributed by atoms with Gasteiger partial charge < -0.3 is 15.3 Å². The van der Waals surface area contributed by atoms with E-state index in [1.807, 2.05) is 0 Å². The van der Waals surface area contributed by atoms with E-state index >= 15 is 0 Å². The molecule has 0 aliphatic carbocycles. The van der Waals surface area contributed by atoms with E-state index in [9.17, 15) is 4.79 Å². The number of hydrogen-bond acceptors (Lipinski definition) is 5. The van der Waals surface area contributed by atoms with E-state index in [0.29, 0.717) is 23.6 Å². The maximum absolute atomic E-state index is 10.9. The van der Waals surface area contributed by atoms with Crippen LogP contribution < -0.4 is 5.32 Å². The summed E-state index contributed by atoms with van der Waals surface area (Å²) in [5.41, 5.74) is 0.672. The molecule has 4 rings (SSSR count). The van der Waals surface area contributed by atoms with E-state index in [2.05, 4.69) is 20.2 Å². The van der Waals surface area contributed by atoms with Crippen molar-refractivity contribution >= 4 is 11.9 Å². The van der Waals surface area contributed by atoms with Crippen molar-refractivity contribution in [2.24, 2.45) is 5.92 Å². The molecule has 2 N–H and O–H groups in total. The molecule has 3 saturated heterocycles. The van der Waals surface area contributed by atoms with Crippen LogP contribution in [0.15, 0.2) is 6.20 Å². The summed E-state index contributed by atoms with van der Waals surface area (Å²) in [6.07, 6.45) is 3.84. The predicted octanol–water partition coefficient (Wildman–Crippen LogP) is 0.989. The molecule has 3 aliphatic heterocycles. The third kappa shape index (κ3) is 2.40. The fourth-order valence-corrected chi connectivity index (χ4v) is 3.04. The van der Waals surface area contributed by atoms with Crippen LogP contribution in [0.5, 0.6) is 0 Å². The monoisotopic (exact) mass is 262 g/mol. The molecule has 0 aromatic carbocycles. The molecule has 1 atom stereocenters. The van der Waals surface area contributed by atoms with Gasteiger partial charge in [-0.3, -0.25) is 0 Å². The Hall–Kier alpha value is -1.69. The number of carboxylic acid groups (broad SMARTS) is 1. The molecule has 102 valence electrons. The van der Waals surface area contributed by atoms with Gasteiger partial charge in [-0.1, -0.05) is 0 Å². The zero-order chi connectivity index (χ0) is 13.4. The lowest BCUT2D eigenvalue weighted by Gasteiger charge is -2.44. The molecule has 0 radical (unpaired) electrons. The maximum atomic E-state index is 10.9. The number of anilines is 1. The van der Waals surface area contributed by atoms with Gasteiger partial charge in [-0.25, -0.2) is 14.8 Å². The third-order valence-corrected chi connectivity index (χ3v) is 4.18. The van der Waals surface area contributed by atoms with Crippen LogP contribution in [0.4, 0.5) is 5.95 Å². The number of fused-ring (bicyclic) bond motifs is 3. The Morgan fingerprint density at radius 1 is 1.47 bits per heavy atom. The summed E-state index contributed by atoms with van der Waals surface area (Å²) in [4.78, 5) is 21.7. The highest BCUT2D eigenvalue weighted by molar-refractivity contribution is 5.88. The van der Waals surface area contributed by atoms with Gasteiger partial charge in [0.2, 0.25) is 5.95 Å². The van der Waals surface area contributed by atoms with Crippen molar-refractivity contribution in [3.8, 4) is 0 Å². The number of piperidine rings is 3. The van der Waals surface area contributed by atoms with E-state index in [4.69, 9.17) is 5.11 Å². The van der Waals surface area contributed by atoms with Gasteiger partial charge in [0.25, 0.3) is 0 Å². The summed E-state index contributed by atoms with van der Waals surface area (Å²) >= 11 is 0. The molecular formula is C13H18N4O2. The molecule has 0 saturated carbocycles. The molecule has 0 spiro atoms. The van der Waals surface area contributed by atoms with Gasteiger partial charge in [-0.05, 0) is 38.8 Å². The van der Waals surface area contributed by atoms with Crippen molar-refractivity contribution in [2.75, 3.05) is 25.0 Å². The average molecular weight is 262 g/mol. The van der Waals surface area contributed by atoms with Gasteiger partial charge in [0.15, 0.2) is 0 Å². The number of nitrogens with zero attached hydrogens (tertiary/aromatic N) is 3. The summed E-state index contributed by atoms with van der Waals surface area (Å²) in [5, 5.41) is 12.3. The van der Waals surface area contributed by atoms with Crippen LogP contribution >= 0.6 is 0 Å². The zero-order valence-corrected chi connectivity index (χ0v) is 11.0. The van der Waals surface area contributed by atoms with Crippen LogP contribution in [0.2, 0.25) is 0 Å². The summed E-state index contributed by atoms with van der Waals surface area (Å²) in [5.74, 6) is 0.251. The second-order valence-corrected chi connectivity index (χ2v) is 5.39. The molecule has 3 aliphatic rings. The molecular weight excluding hydrogens is 244 g/mol. The van der Waals surface area contributed by atoms with Crippen molar-refractivity contribution in [2.45, 2.75) is 25.8 Å². The Kier molecular flexibility index (Phi) is 3.10. The quantitative estimate of drug-likeness (QED) is 0.845. The van der Waals surface area contributed by atoms with Gasteiger partial charge in [0, 0.05) is 18.8 Å². The van der Waals surface area contributed by atoms with Crippen LogP contribution in [0, 0.1) is 12.8 Å². The first-order chi connectivity index (χ1) is 9.13. The molecule has 2 bridgehead atoms. The fourth-order valence-electron chi connectivity index (χ4n) is 3.04. The Labute approximate surface area is 111 Å². The molecule has 4 heterocycles. The predicted molar refractivity (Wildman–Crippen MR) is 70.3 cm³/mol. The number of aryl methyl sites for hydroxylation is 1. The van der Waals surface area contributed by atoms with E-state index in [0.717, 1.165) is 6.54 Å². The number of aromatic nitrogens is 2. The molecule has 3 fully saturated rings. The minimum absolute atomic E-state index is 0.166. The van der Waals surface area contributed by atoms with Crippen molar-refractivity contribution in [3.63, 3.8) is 0 Å². The standard InChI is InChI=1S/C13H18N4O2/c1-8-10(12(18)19)6-14-13(15-8)16-11-7-17-4-2-9(11)3-5-17/h6,9,11H,2-5,7H2,1H3,(H,18,19)(H,14,15,16). The van der Waals surface area contributed by atoms with Crippen molar-refractivity contribution < 1.29 is 9.90 Å². The first-order valence-electron chi connectivity index (χ1n) is 6.69. The lowest BCUT2D eigenvalue weighted by atomic mass is 9.84. The minimum atomic E-state index is -0.980. The topological polar surface area (TPSA) is 78.4 Å². The smallest absolute Gasteiger partial charge is 0.339 e. The van der Waals surface area contributed by atoms with Gasteiger partial charge in [-0.15, -0.1) is 0 Å². The first-order valence-corrected chi connectivity index (χ1v) is 6.69. The second kappa shape index (κ2) is 4.77. The largest absolute Gasteiger partial charge is 0.478 e. The lowest BCUT2D eigenvalue weighted by molar-refractivity contribution is 0.0695. The van der Waals surface area contributed by atoms with Gasteiger partial charge in [0.1, 0.15) is 0 Å². The lowest BCUT2D eigenvalue weighted by Crippen LogP contribution is -2.53. The highest BCUT2D eigenvalue weighted by Gasteiger charge is 2.34. The maximum Gasteiger partial charge on any atom is 0.339 e. The first kappa shape index (κ1) is 12.3. The Bertz CT molecular complexity index is 497. The fraction of sp³-hybridized carbons (Fsp3) is 0.615. The second-order valence-electron chi connectivity index (χ2n) is 5.39. The molecule has 6 nitrogen and oxygen atoms in total. The number of nitrogens with one attached hydrogen (secondary N) is 1. The summed E-state index contributed by atoms with van der Waals surface area (Å²) in [7, 11) is 0. The van der Waals surface area contributed by atoms with E-state index < -0.39 is 5.97 Å². The Morgan fingerprint density at radius 2 is 2.21 bits per heavy atom. The minimum Gasteiger partial charge on any atom is -0.478 e. The summed E-state index contributed by atoms with van der Waals surface area (Å²) in [6, 6.07) is 0.387. The van der Waals surface area contributed by atoms with Gasteiger partial charge in [-0.2, -0.15) is 0 Å². The number of rotatable bonds is 3. The number of hydrogen-bond donors (Lipinski definition) is 2. The summed E-state index contributed by atoms with van der Waals surface area (Å²) in [6.45, 7) is 5.13. The Balaban J connectivity index is 1.73. The summed E-state index contributed by atoms with van der Waals surface area (Å²) < 4.78 is 0. The molecule has 6 heteroatoms. The number of carboxylic acids is 1. The average Bonchev–Trinajstić information content (AvgIpc) is 2.39. The van der Waals surface area contributed by atoms with Crippen LogP contribution in [0.1, 0.15) is 28.9 Å². The Morgan fingerprint density at radius 3 is 2.74 bits per heavy atom. The van der Waals surface area contributed by atoms with Crippen LogP contribution in [0.25, 0.3) is 0 Å². The SMILES string of the molecule is Cc1nc(NC2CN3CCC2CC3)ncc1C(=O)O. The van der Waals surface area contributed by atoms with Gasteiger partial charge >= 0.3 is 5.97 Å². The van der Waals surface area contributed by atoms with Crippen molar-refractivity contribution in [1.82, 2.24) is 14.9 Å². The zero-order valence-electron chi connectivity index (χ0n) is 11.0. The number of carbonyl (C=O) groups is 1. The number of aromatic carboxylic acids is 1. The molecule has 1 aromatic heterocycles. The third-order valence-electron chi connectivity index (χ3n) is 4.18. The van der Waals surface area contributed by atoms with Crippen molar-refractivity contribution in [3.05, 3.63) is 17.5 Å².